The van der Waals surface area contributed by atoms with Crippen LogP contribution < -0.4 is 0 Å². The second-order valence-electron chi connectivity index (χ2n) is 24.5. The number of nitrogens with zero attached hydrogens (tertiary/aromatic N) is 5. The summed E-state index contributed by atoms with van der Waals surface area (Å²) in [4.78, 5) is 108. The number of hydrogen-bond donors (Lipinski definition) is 1. The topological polar surface area (TPSA) is 200 Å². The number of benzene rings is 9. The molecule has 27 heteroatoms. The Bertz CT molecular complexity index is 5900. The molecule has 9 aromatic carbocycles. The molecule has 15 aromatic rings. The zero-order valence-electron chi connectivity index (χ0n) is 60.5. The van der Waals surface area contributed by atoms with E-state index >= 15 is 0 Å². The number of fused-ring (bicyclic) bond motifs is 2. The quantitative estimate of drug-likeness (QED) is 0.101. The molecule has 0 amide bonds. The number of rotatable bonds is 14. The number of carbonyl (C=O) groups excluding carboxylic acids is 7. The van der Waals surface area contributed by atoms with Crippen molar-refractivity contribution < 1.29 is 33.6 Å². The maximum atomic E-state index is 12.7. The summed E-state index contributed by atoms with van der Waals surface area (Å²) in [7, 11) is 0. The van der Waals surface area contributed by atoms with E-state index in [4.69, 9.17) is 162 Å². The second-order valence-corrected chi connectivity index (χ2v) is 30.5. The average molecular weight is 1840 g/mol. The van der Waals surface area contributed by atoms with Gasteiger partial charge in [0.25, 0.3) is 0 Å². The van der Waals surface area contributed by atoms with E-state index in [1.807, 2.05) is 60.7 Å². The van der Waals surface area contributed by atoms with Crippen LogP contribution in [0.5, 0.6) is 0 Å². The lowest BCUT2D eigenvalue weighted by Crippen LogP contribution is -2.04. The number of pyridine rings is 5. The first-order valence-electron chi connectivity index (χ1n) is 34.6. The molecule has 0 saturated carbocycles. The number of hydrogen-bond acceptors (Lipinski definition) is 12. The Balaban J connectivity index is 0.000000145. The third kappa shape index (κ3) is 24.7. The molecule has 6 aromatic heterocycles. The summed E-state index contributed by atoms with van der Waals surface area (Å²) in [6, 6.07) is 65.8. The smallest absolute Gasteiger partial charge is 0.212 e. The van der Waals surface area contributed by atoms with Crippen LogP contribution in [0.2, 0.25) is 70.3 Å². The largest absolute Gasteiger partial charge is 0.367 e. The van der Waals surface area contributed by atoms with Crippen molar-refractivity contribution in [3.63, 3.8) is 0 Å². The predicted octanol–water partition coefficient (Wildman–Crippen LogP) is 28.0. The van der Waals surface area contributed by atoms with Crippen LogP contribution in [0.3, 0.4) is 0 Å². The van der Waals surface area contributed by atoms with Crippen molar-refractivity contribution in [2.24, 2.45) is 0 Å². The molecule has 0 radical (unpaired) electrons. The van der Waals surface area contributed by atoms with Crippen LogP contribution in [0.25, 0.3) is 21.8 Å². The van der Waals surface area contributed by atoms with E-state index in [1.165, 1.54) is 6.20 Å². The van der Waals surface area contributed by atoms with Gasteiger partial charge in [0.2, 0.25) is 5.78 Å². The molecule has 0 atom stereocenters. The van der Waals surface area contributed by atoms with E-state index in [0.29, 0.717) is 155 Å². The number of aromatic nitrogens is 6. The van der Waals surface area contributed by atoms with Crippen LogP contribution in [0.1, 0.15) is 112 Å². The summed E-state index contributed by atoms with van der Waals surface area (Å²) >= 11 is 82.8. The second kappa shape index (κ2) is 44.0. The number of halogens is 14. The highest BCUT2D eigenvalue weighted by Gasteiger charge is 2.22. The van der Waals surface area contributed by atoms with Gasteiger partial charge in [-0.2, -0.15) is 0 Å². The van der Waals surface area contributed by atoms with Gasteiger partial charge >= 0.3 is 0 Å². The molecule has 0 bridgehead atoms. The molecular weight excluding hydrogens is 1790 g/mol. The predicted molar refractivity (Wildman–Crippen MR) is 479 cm³/mol. The minimum absolute atomic E-state index is 0.0486. The van der Waals surface area contributed by atoms with Crippen molar-refractivity contribution in [2.45, 2.75) is 6.42 Å². The summed E-state index contributed by atoms with van der Waals surface area (Å²) in [5, 5.41) is 7.92. The number of allylic oxidation sites excluding steroid dienone is 4. The first-order valence-corrected chi connectivity index (χ1v) is 39.9. The van der Waals surface area contributed by atoms with Gasteiger partial charge in [0.1, 0.15) is 5.69 Å². The molecular formula is C91H54Cl14N6O7. The Kier molecular flexibility index (Phi) is 33.6. The maximum absolute atomic E-state index is 12.7. The van der Waals surface area contributed by atoms with E-state index in [0.717, 1.165) is 21.9 Å². The molecule has 1 aliphatic carbocycles. The standard InChI is InChI=1S/2C16H9Cl2NO.3C12H7Cl2NO.C12H8Cl2O.C11H7Cl2NO/c17-11-6-7-14(18)13(9-11)16(20)12-5-1-3-10-4-2-8-19-15(10)12;17-10-5-6-14(18)13(9-10)16(20)12-7-8-19-15-4-2-1-3-11(12)15;13-9-1-2-11(14)10(7-9)12(16)8-3-5-15-6-4-8;13-9-3-4-11(14)10(6-9)12(16)8-2-1-5-15-7-8;13-8-4-5-10(14)9(7-8)12(16)11-3-1-2-6-15-11;13-9-5-6-11(14)10(7-9)12(15)8-3-1-2-4-8;12-8-1-2-10(13)9(5-8)11(15)7-3-4-14-6-7/h2*1-9H;3*1-7H;1-3,5-7H,4H2;1-6,14H. The first-order chi connectivity index (χ1) is 56.7. The number of nitrogens with one attached hydrogen (secondary N) is 1. The summed E-state index contributed by atoms with van der Waals surface area (Å²) in [6.07, 6.45) is 20.7. The summed E-state index contributed by atoms with van der Waals surface area (Å²) in [6.45, 7) is 0. The molecule has 0 saturated heterocycles. The molecule has 0 unspecified atom stereocenters. The Hall–Kier alpha value is -10.2. The van der Waals surface area contributed by atoms with Gasteiger partial charge in [0, 0.05) is 174 Å². The van der Waals surface area contributed by atoms with E-state index in [-0.39, 0.29) is 40.5 Å². The molecule has 0 spiro atoms. The molecule has 13 nitrogen and oxygen atoms in total. The molecule has 0 aliphatic heterocycles. The highest BCUT2D eigenvalue weighted by molar-refractivity contribution is 6.42. The first kappa shape index (κ1) is 90.1. The van der Waals surface area contributed by atoms with Crippen LogP contribution in [0.4, 0.5) is 0 Å². The fourth-order valence-electron chi connectivity index (χ4n) is 10.9. The van der Waals surface area contributed by atoms with E-state index in [1.54, 1.807) is 244 Å². The third-order valence-electron chi connectivity index (χ3n) is 16.7. The molecule has 6 heterocycles. The average Bonchev–Trinajstić information content (AvgIpc) is 0.879. The normalized spacial score (nSPS) is 10.8. The summed E-state index contributed by atoms with van der Waals surface area (Å²) < 4.78 is 0. The van der Waals surface area contributed by atoms with Gasteiger partial charge in [-0.15, -0.1) is 0 Å². The van der Waals surface area contributed by atoms with Crippen LogP contribution in [-0.2, 0) is 0 Å². The fraction of sp³-hybridized carbons (Fsp3) is 0.0110. The van der Waals surface area contributed by atoms with Gasteiger partial charge in [0.05, 0.1) is 46.2 Å². The van der Waals surface area contributed by atoms with Crippen LogP contribution in [0, 0.1) is 0 Å². The highest BCUT2D eigenvalue weighted by atomic mass is 35.5. The van der Waals surface area contributed by atoms with Gasteiger partial charge < -0.3 is 4.98 Å². The zero-order valence-corrected chi connectivity index (χ0v) is 71.1. The Morgan fingerprint density at radius 1 is 0.297 bits per heavy atom. The number of para-hydroxylation sites is 2. The van der Waals surface area contributed by atoms with Crippen molar-refractivity contribution in [2.75, 3.05) is 0 Å². The molecule has 16 rings (SSSR count). The number of ketones is 7. The van der Waals surface area contributed by atoms with Crippen molar-refractivity contribution in [3.05, 3.63) is 459 Å². The lowest BCUT2D eigenvalue weighted by atomic mass is 10.00. The Labute approximate surface area is 746 Å². The van der Waals surface area contributed by atoms with Crippen molar-refractivity contribution in [1.82, 2.24) is 29.9 Å². The van der Waals surface area contributed by atoms with Crippen molar-refractivity contribution in [1.29, 1.82) is 0 Å². The SMILES string of the molecule is O=C(C1=CC=CC1)c1cc(Cl)ccc1Cl.O=C(c1cc(Cl)ccc1Cl)c1cccc2cccnc12.O=C(c1cc(Cl)ccc1Cl)c1ccnc2ccccc12.O=C(c1cc[nH]c1)c1cc(Cl)ccc1Cl.O=C(c1ccccn1)c1cc(Cl)ccc1Cl.O=C(c1cccnc1)c1cc(Cl)ccc1Cl.O=C(c1ccncc1)c1cc(Cl)ccc1Cl. The minimum atomic E-state index is -0.229. The van der Waals surface area contributed by atoms with Crippen LogP contribution in [-0.4, -0.2) is 70.4 Å². The highest BCUT2D eigenvalue weighted by Crippen LogP contribution is 2.32. The number of aromatic amines is 1. The van der Waals surface area contributed by atoms with Gasteiger partial charge in [-0.1, -0.05) is 223 Å². The monoisotopic (exact) mass is 1830 g/mol. The Morgan fingerprint density at radius 2 is 0.729 bits per heavy atom. The van der Waals surface area contributed by atoms with Gasteiger partial charge in [-0.05, 0) is 201 Å². The molecule has 118 heavy (non-hydrogen) atoms. The van der Waals surface area contributed by atoms with Gasteiger partial charge in [-0.3, -0.25) is 58.5 Å². The third-order valence-corrected chi connectivity index (χ3v) is 20.6. The van der Waals surface area contributed by atoms with Crippen molar-refractivity contribution in [3.8, 4) is 0 Å². The summed E-state index contributed by atoms with van der Waals surface area (Å²) in [5.74, 6) is -1.09. The maximum Gasteiger partial charge on any atom is 0.212 e. The fourth-order valence-corrected chi connectivity index (χ4v) is 13.6. The lowest BCUT2D eigenvalue weighted by molar-refractivity contribution is 0.102. The number of H-pyrrole nitrogens is 1. The van der Waals surface area contributed by atoms with Crippen molar-refractivity contribution >= 4 is 225 Å². The Morgan fingerprint density at radius 3 is 1.19 bits per heavy atom. The summed E-state index contributed by atoms with van der Waals surface area (Å²) in [5.41, 5.74) is 8.07. The molecule has 0 fully saturated rings. The molecule has 1 aliphatic rings. The van der Waals surface area contributed by atoms with E-state index in [2.05, 4.69) is 29.9 Å². The molecule has 588 valence electrons. The van der Waals surface area contributed by atoms with Crippen LogP contribution >= 0.6 is 162 Å². The van der Waals surface area contributed by atoms with Gasteiger partial charge in [-0.25, -0.2) is 0 Å². The van der Waals surface area contributed by atoms with E-state index in [9.17, 15) is 33.6 Å². The lowest BCUT2D eigenvalue weighted by Gasteiger charge is -2.07. The minimum Gasteiger partial charge on any atom is -0.367 e. The number of carbonyl (C=O) groups is 7. The number of Topliss-reactive ketones (excluding diaryl/α,β-unsaturated/α-hetero) is 1. The van der Waals surface area contributed by atoms with Crippen LogP contribution in [0.15, 0.2) is 316 Å². The van der Waals surface area contributed by atoms with E-state index < -0.39 is 0 Å². The zero-order chi connectivity index (χ0) is 84.5. The van der Waals surface area contributed by atoms with Gasteiger partial charge in [0.15, 0.2) is 34.7 Å². The molecule has 1 N–H and O–H groups in total.